The van der Waals surface area contributed by atoms with Crippen LogP contribution in [0.5, 0.6) is 0 Å². The Morgan fingerprint density at radius 3 is 2.42 bits per heavy atom. The molecular weight excluding hydrogens is 277 g/mol. The van der Waals surface area contributed by atoms with Gasteiger partial charge in [0.25, 0.3) is 0 Å². The van der Waals surface area contributed by atoms with E-state index in [-0.39, 0.29) is 18.4 Å². The van der Waals surface area contributed by atoms with Crippen molar-refractivity contribution in [2.24, 2.45) is 0 Å². The zero-order valence-corrected chi connectivity index (χ0v) is 11.5. The Morgan fingerprint density at radius 2 is 1.84 bits per heavy atom. The predicted molar refractivity (Wildman–Crippen MR) is 71.5 cm³/mol. The van der Waals surface area contributed by atoms with Gasteiger partial charge in [-0.25, -0.2) is 0 Å². The molecule has 1 atom stereocenters. The van der Waals surface area contributed by atoms with Crippen molar-refractivity contribution in [1.29, 1.82) is 0 Å². The Morgan fingerprint density at radius 1 is 1.21 bits per heavy atom. The lowest BCUT2D eigenvalue weighted by Gasteiger charge is -2.33. The lowest BCUT2D eigenvalue weighted by atomic mass is 10.0. The minimum Gasteiger partial charge on any atom is -0.314 e. The Labute approximate surface area is 117 Å². The SMILES string of the molecule is C[C@@H](c1cccc(C(F)(F)F)c1)N1CCNCC1.Cl. The first-order chi connectivity index (χ1) is 8.48. The molecule has 0 amide bonds. The van der Waals surface area contributed by atoms with Crippen LogP contribution in [-0.4, -0.2) is 31.1 Å². The highest BCUT2D eigenvalue weighted by atomic mass is 35.5. The van der Waals surface area contributed by atoms with Gasteiger partial charge in [-0.05, 0) is 24.6 Å². The lowest BCUT2D eigenvalue weighted by molar-refractivity contribution is -0.137. The monoisotopic (exact) mass is 294 g/mol. The summed E-state index contributed by atoms with van der Waals surface area (Å²) >= 11 is 0. The van der Waals surface area contributed by atoms with Crippen LogP contribution in [0.15, 0.2) is 24.3 Å². The second-order valence-corrected chi connectivity index (χ2v) is 4.59. The molecule has 0 aromatic heterocycles. The van der Waals surface area contributed by atoms with Crippen molar-refractivity contribution in [3.05, 3.63) is 35.4 Å². The van der Waals surface area contributed by atoms with Gasteiger partial charge in [-0.15, -0.1) is 12.4 Å². The van der Waals surface area contributed by atoms with Gasteiger partial charge in [-0.2, -0.15) is 13.2 Å². The van der Waals surface area contributed by atoms with Gasteiger partial charge in [0, 0.05) is 32.2 Å². The van der Waals surface area contributed by atoms with Crippen LogP contribution in [0.25, 0.3) is 0 Å². The van der Waals surface area contributed by atoms with Crippen molar-refractivity contribution in [3.63, 3.8) is 0 Å². The van der Waals surface area contributed by atoms with E-state index in [1.165, 1.54) is 12.1 Å². The molecule has 1 saturated heterocycles. The van der Waals surface area contributed by atoms with Gasteiger partial charge < -0.3 is 5.32 Å². The molecule has 108 valence electrons. The minimum atomic E-state index is -4.26. The molecular formula is C13H18ClF3N2. The standard InChI is InChI=1S/C13H17F3N2.ClH/c1-10(18-7-5-17-6-8-18)11-3-2-4-12(9-11)13(14,15)16;/h2-4,9-10,17H,5-8H2,1H3;1H/t10-;/m0./s1. The van der Waals surface area contributed by atoms with E-state index in [0.717, 1.165) is 37.8 Å². The van der Waals surface area contributed by atoms with E-state index in [9.17, 15) is 13.2 Å². The number of halogens is 4. The van der Waals surface area contributed by atoms with Crippen LogP contribution in [0.1, 0.15) is 24.1 Å². The molecule has 2 rings (SSSR count). The van der Waals surface area contributed by atoms with Gasteiger partial charge in [0.1, 0.15) is 0 Å². The second-order valence-electron chi connectivity index (χ2n) is 4.59. The molecule has 1 heterocycles. The maximum atomic E-state index is 12.6. The minimum absolute atomic E-state index is 0. The average molecular weight is 295 g/mol. The molecule has 0 spiro atoms. The molecule has 1 aromatic carbocycles. The molecule has 0 aliphatic carbocycles. The summed E-state index contributed by atoms with van der Waals surface area (Å²) in [7, 11) is 0. The van der Waals surface area contributed by atoms with Crippen LogP contribution >= 0.6 is 12.4 Å². The summed E-state index contributed by atoms with van der Waals surface area (Å²) in [5.74, 6) is 0. The summed E-state index contributed by atoms with van der Waals surface area (Å²) in [6.07, 6.45) is -4.26. The number of alkyl halides is 3. The van der Waals surface area contributed by atoms with E-state index in [2.05, 4.69) is 10.2 Å². The third-order valence-corrected chi connectivity index (χ3v) is 3.40. The van der Waals surface area contributed by atoms with Crippen LogP contribution in [0.4, 0.5) is 13.2 Å². The number of nitrogens with one attached hydrogen (secondary N) is 1. The van der Waals surface area contributed by atoms with Gasteiger partial charge in [0.15, 0.2) is 0 Å². The molecule has 0 unspecified atom stereocenters. The van der Waals surface area contributed by atoms with Crippen LogP contribution in [0, 0.1) is 0 Å². The fourth-order valence-electron chi connectivity index (χ4n) is 2.26. The number of nitrogens with zero attached hydrogens (tertiary/aromatic N) is 1. The maximum Gasteiger partial charge on any atom is 0.416 e. The Bertz CT molecular complexity index is 403. The van der Waals surface area contributed by atoms with Crippen molar-refractivity contribution < 1.29 is 13.2 Å². The van der Waals surface area contributed by atoms with Gasteiger partial charge in [-0.3, -0.25) is 4.90 Å². The second kappa shape index (κ2) is 6.59. The summed E-state index contributed by atoms with van der Waals surface area (Å²) in [5.41, 5.74) is 0.161. The number of hydrogen-bond donors (Lipinski definition) is 1. The predicted octanol–water partition coefficient (Wildman–Crippen LogP) is 3.09. The van der Waals surface area contributed by atoms with E-state index in [0.29, 0.717) is 0 Å². The van der Waals surface area contributed by atoms with Crippen molar-refractivity contribution >= 4 is 12.4 Å². The quantitative estimate of drug-likeness (QED) is 0.902. The molecule has 1 N–H and O–H groups in total. The Kier molecular flexibility index (Phi) is 5.64. The van der Waals surface area contributed by atoms with Gasteiger partial charge in [-0.1, -0.05) is 12.1 Å². The third-order valence-electron chi connectivity index (χ3n) is 3.40. The maximum absolute atomic E-state index is 12.6. The summed E-state index contributed by atoms with van der Waals surface area (Å²) in [6, 6.07) is 5.65. The van der Waals surface area contributed by atoms with Gasteiger partial charge >= 0.3 is 6.18 Å². The highest BCUT2D eigenvalue weighted by Gasteiger charge is 2.31. The molecule has 6 heteroatoms. The Balaban J connectivity index is 0.00000180. The van der Waals surface area contributed by atoms with Crippen LogP contribution in [-0.2, 0) is 6.18 Å². The fourth-order valence-corrected chi connectivity index (χ4v) is 2.26. The summed E-state index contributed by atoms with van der Waals surface area (Å²) in [4.78, 5) is 2.20. The zero-order valence-electron chi connectivity index (χ0n) is 10.7. The number of piperazine rings is 1. The van der Waals surface area contributed by atoms with Crippen LogP contribution in [0.2, 0.25) is 0 Å². The molecule has 1 aliphatic rings. The molecule has 0 saturated carbocycles. The van der Waals surface area contributed by atoms with E-state index in [4.69, 9.17) is 0 Å². The first-order valence-corrected chi connectivity index (χ1v) is 6.10. The molecule has 1 aromatic rings. The highest BCUT2D eigenvalue weighted by Crippen LogP contribution is 2.31. The fraction of sp³-hybridized carbons (Fsp3) is 0.538. The van der Waals surface area contributed by atoms with Crippen LogP contribution < -0.4 is 5.32 Å². The van der Waals surface area contributed by atoms with E-state index in [1.807, 2.05) is 6.92 Å². The number of benzene rings is 1. The third kappa shape index (κ3) is 4.09. The molecule has 19 heavy (non-hydrogen) atoms. The summed E-state index contributed by atoms with van der Waals surface area (Å²) in [5, 5.41) is 3.24. The van der Waals surface area contributed by atoms with Gasteiger partial charge in [0.05, 0.1) is 5.56 Å². The largest absolute Gasteiger partial charge is 0.416 e. The number of hydrogen-bond acceptors (Lipinski definition) is 2. The van der Waals surface area contributed by atoms with E-state index in [1.54, 1.807) is 6.07 Å². The average Bonchev–Trinajstić information content (AvgIpc) is 2.38. The zero-order chi connectivity index (χ0) is 13.2. The normalized spacial score (nSPS) is 18.7. The lowest BCUT2D eigenvalue weighted by Crippen LogP contribution is -2.44. The topological polar surface area (TPSA) is 15.3 Å². The molecule has 1 fully saturated rings. The van der Waals surface area contributed by atoms with Crippen molar-refractivity contribution in [1.82, 2.24) is 10.2 Å². The molecule has 2 nitrogen and oxygen atoms in total. The number of rotatable bonds is 2. The summed E-state index contributed by atoms with van der Waals surface area (Å²) < 4.78 is 37.9. The highest BCUT2D eigenvalue weighted by molar-refractivity contribution is 5.85. The molecule has 1 aliphatic heterocycles. The van der Waals surface area contributed by atoms with Crippen molar-refractivity contribution in [3.8, 4) is 0 Å². The molecule has 0 radical (unpaired) electrons. The van der Waals surface area contributed by atoms with E-state index >= 15 is 0 Å². The van der Waals surface area contributed by atoms with Crippen LogP contribution in [0.3, 0.4) is 0 Å². The van der Waals surface area contributed by atoms with Crippen molar-refractivity contribution in [2.45, 2.75) is 19.1 Å². The first kappa shape index (κ1) is 16.3. The van der Waals surface area contributed by atoms with Gasteiger partial charge in [0.2, 0.25) is 0 Å². The summed E-state index contributed by atoms with van der Waals surface area (Å²) in [6.45, 7) is 5.49. The van der Waals surface area contributed by atoms with Crippen molar-refractivity contribution in [2.75, 3.05) is 26.2 Å². The van der Waals surface area contributed by atoms with E-state index < -0.39 is 11.7 Å². The molecule has 0 bridgehead atoms. The Hall–Kier alpha value is -0.780. The smallest absolute Gasteiger partial charge is 0.314 e. The first-order valence-electron chi connectivity index (χ1n) is 6.10.